The molecular weight excluding hydrogens is 365 g/mol. The number of rotatable bonds is 3. The number of carbonyl (C=O) groups is 1. The molecule has 26 heavy (non-hydrogen) atoms. The van der Waals surface area contributed by atoms with Crippen LogP contribution in [0, 0.1) is 0 Å². The SMILES string of the molecule is COc1ccc(/C=C2\SC(=Nc3ccccc3C(F)(F)F)NC2=O)cc1. The highest BCUT2D eigenvalue weighted by Gasteiger charge is 2.34. The van der Waals surface area contributed by atoms with Crippen molar-refractivity contribution in [3.05, 3.63) is 64.6 Å². The highest BCUT2D eigenvalue weighted by atomic mass is 32.2. The molecule has 0 aromatic heterocycles. The molecule has 8 heteroatoms. The average Bonchev–Trinajstić information content (AvgIpc) is 2.94. The molecule has 1 N–H and O–H groups in total. The van der Waals surface area contributed by atoms with Gasteiger partial charge in [0.25, 0.3) is 5.91 Å². The van der Waals surface area contributed by atoms with Gasteiger partial charge in [0.1, 0.15) is 5.75 Å². The van der Waals surface area contributed by atoms with Crippen molar-refractivity contribution in [3.8, 4) is 5.75 Å². The summed E-state index contributed by atoms with van der Waals surface area (Å²) in [7, 11) is 1.55. The smallest absolute Gasteiger partial charge is 0.418 e. The van der Waals surface area contributed by atoms with Gasteiger partial charge in [0.15, 0.2) is 5.17 Å². The molecule has 0 bridgehead atoms. The summed E-state index contributed by atoms with van der Waals surface area (Å²) in [6.07, 6.45) is -2.88. The van der Waals surface area contributed by atoms with Gasteiger partial charge in [-0.3, -0.25) is 4.79 Å². The van der Waals surface area contributed by atoms with Crippen LogP contribution in [-0.4, -0.2) is 18.2 Å². The zero-order chi connectivity index (χ0) is 18.7. The van der Waals surface area contributed by atoms with E-state index in [1.54, 1.807) is 37.5 Å². The number of amides is 1. The van der Waals surface area contributed by atoms with E-state index in [2.05, 4.69) is 10.3 Å². The van der Waals surface area contributed by atoms with E-state index in [0.717, 1.165) is 23.4 Å². The lowest BCUT2D eigenvalue weighted by molar-refractivity contribution is -0.137. The average molecular weight is 378 g/mol. The molecule has 0 atom stereocenters. The number of nitrogens with zero attached hydrogens (tertiary/aromatic N) is 1. The lowest BCUT2D eigenvalue weighted by Crippen LogP contribution is -2.19. The van der Waals surface area contributed by atoms with E-state index in [1.807, 2.05) is 0 Å². The summed E-state index contributed by atoms with van der Waals surface area (Å²) in [5.74, 6) is 0.274. The predicted octanol–water partition coefficient (Wildman–Crippen LogP) is 4.61. The van der Waals surface area contributed by atoms with E-state index in [-0.39, 0.29) is 10.9 Å². The summed E-state index contributed by atoms with van der Waals surface area (Å²) in [6.45, 7) is 0. The van der Waals surface area contributed by atoms with Crippen LogP contribution in [0.4, 0.5) is 18.9 Å². The van der Waals surface area contributed by atoms with E-state index < -0.39 is 17.6 Å². The van der Waals surface area contributed by atoms with Gasteiger partial charge in [0, 0.05) is 0 Å². The normalized spacial score (nSPS) is 17.6. The molecule has 1 heterocycles. The number of hydrogen-bond donors (Lipinski definition) is 1. The van der Waals surface area contributed by atoms with E-state index >= 15 is 0 Å². The zero-order valence-electron chi connectivity index (χ0n) is 13.5. The highest BCUT2D eigenvalue weighted by Crippen LogP contribution is 2.37. The minimum Gasteiger partial charge on any atom is -0.497 e. The number of aliphatic imine (C=N–C) groups is 1. The number of alkyl halides is 3. The largest absolute Gasteiger partial charge is 0.497 e. The number of nitrogens with one attached hydrogen (secondary N) is 1. The van der Waals surface area contributed by atoms with Crippen molar-refractivity contribution >= 4 is 34.6 Å². The number of thioether (sulfide) groups is 1. The molecule has 0 unspecified atom stereocenters. The van der Waals surface area contributed by atoms with Crippen molar-refractivity contribution < 1.29 is 22.7 Å². The number of carbonyl (C=O) groups excluding carboxylic acids is 1. The molecule has 4 nitrogen and oxygen atoms in total. The summed E-state index contributed by atoms with van der Waals surface area (Å²) >= 11 is 0.990. The van der Waals surface area contributed by atoms with Crippen LogP contribution in [0.1, 0.15) is 11.1 Å². The maximum absolute atomic E-state index is 13.0. The third-order valence-electron chi connectivity index (χ3n) is 3.50. The Morgan fingerprint density at radius 3 is 2.46 bits per heavy atom. The van der Waals surface area contributed by atoms with Gasteiger partial charge in [-0.05, 0) is 47.7 Å². The van der Waals surface area contributed by atoms with Gasteiger partial charge in [-0.1, -0.05) is 24.3 Å². The number of benzene rings is 2. The molecule has 2 aromatic carbocycles. The monoisotopic (exact) mass is 378 g/mol. The molecule has 0 spiro atoms. The Morgan fingerprint density at radius 1 is 1.12 bits per heavy atom. The number of methoxy groups -OCH3 is 1. The molecule has 1 saturated heterocycles. The van der Waals surface area contributed by atoms with Gasteiger partial charge < -0.3 is 10.1 Å². The van der Waals surface area contributed by atoms with Crippen molar-refractivity contribution in [2.75, 3.05) is 7.11 Å². The minimum atomic E-state index is -4.52. The molecule has 2 aromatic rings. The lowest BCUT2D eigenvalue weighted by Gasteiger charge is -2.09. The predicted molar refractivity (Wildman–Crippen MR) is 95.2 cm³/mol. The van der Waals surface area contributed by atoms with Gasteiger partial charge in [-0.2, -0.15) is 13.2 Å². The van der Waals surface area contributed by atoms with Crippen LogP contribution in [0.15, 0.2) is 58.4 Å². The Balaban J connectivity index is 1.86. The zero-order valence-corrected chi connectivity index (χ0v) is 14.3. The van der Waals surface area contributed by atoms with E-state index in [0.29, 0.717) is 10.7 Å². The number of para-hydroxylation sites is 1. The molecule has 1 fully saturated rings. The van der Waals surface area contributed by atoms with E-state index in [1.165, 1.54) is 18.2 Å². The van der Waals surface area contributed by atoms with Crippen LogP contribution < -0.4 is 10.1 Å². The van der Waals surface area contributed by atoms with Crippen molar-refractivity contribution in [1.82, 2.24) is 5.32 Å². The number of hydrogen-bond acceptors (Lipinski definition) is 4. The molecule has 0 saturated carbocycles. The van der Waals surface area contributed by atoms with Gasteiger partial charge in [-0.25, -0.2) is 4.99 Å². The number of halogens is 3. The Kier molecular flexibility index (Phi) is 5.03. The first-order valence-corrected chi connectivity index (χ1v) is 8.28. The Morgan fingerprint density at radius 2 is 1.81 bits per heavy atom. The summed E-state index contributed by atoms with van der Waals surface area (Å²) in [5.41, 5.74) is -0.330. The van der Waals surface area contributed by atoms with Crippen LogP contribution >= 0.6 is 11.8 Å². The number of amidine groups is 1. The Hall–Kier alpha value is -2.74. The molecule has 134 valence electrons. The lowest BCUT2D eigenvalue weighted by atomic mass is 10.2. The van der Waals surface area contributed by atoms with E-state index in [9.17, 15) is 18.0 Å². The third kappa shape index (κ3) is 4.08. The van der Waals surface area contributed by atoms with Crippen molar-refractivity contribution in [2.45, 2.75) is 6.18 Å². The quantitative estimate of drug-likeness (QED) is 0.794. The van der Waals surface area contributed by atoms with Crippen LogP contribution in [0.2, 0.25) is 0 Å². The van der Waals surface area contributed by atoms with Crippen LogP contribution in [0.25, 0.3) is 6.08 Å². The fourth-order valence-electron chi connectivity index (χ4n) is 2.25. The van der Waals surface area contributed by atoms with Crippen molar-refractivity contribution in [1.29, 1.82) is 0 Å². The standard InChI is InChI=1S/C18H13F3N2O2S/c1-25-12-8-6-11(7-9-12)10-15-16(24)23-17(26-15)22-14-5-3-2-4-13(14)18(19,20)21/h2-10H,1H3,(H,22,23,24)/b15-10-. The van der Waals surface area contributed by atoms with Crippen molar-refractivity contribution in [3.63, 3.8) is 0 Å². The topological polar surface area (TPSA) is 50.7 Å². The van der Waals surface area contributed by atoms with Gasteiger partial charge >= 0.3 is 6.18 Å². The van der Waals surface area contributed by atoms with Crippen molar-refractivity contribution in [2.24, 2.45) is 4.99 Å². The fourth-order valence-corrected chi connectivity index (χ4v) is 3.09. The van der Waals surface area contributed by atoms with Crippen LogP contribution in [-0.2, 0) is 11.0 Å². The molecule has 1 amide bonds. The van der Waals surface area contributed by atoms with Gasteiger partial charge in [0.2, 0.25) is 0 Å². The summed E-state index contributed by atoms with van der Waals surface area (Å²) < 4.78 is 44.2. The Bertz CT molecular complexity index is 890. The first-order valence-electron chi connectivity index (χ1n) is 7.46. The second kappa shape index (κ2) is 7.25. The molecule has 0 aliphatic carbocycles. The summed E-state index contributed by atoms with van der Waals surface area (Å²) in [4.78, 5) is 16.4. The Labute approximate surface area is 151 Å². The fraction of sp³-hybridized carbons (Fsp3) is 0.111. The highest BCUT2D eigenvalue weighted by molar-refractivity contribution is 8.18. The third-order valence-corrected chi connectivity index (χ3v) is 4.41. The maximum atomic E-state index is 13.0. The molecular formula is C18H13F3N2O2S. The first-order chi connectivity index (χ1) is 12.4. The summed E-state index contributed by atoms with van der Waals surface area (Å²) in [6, 6.07) is 12.0. The van der Waals surface area contributed by atoms with Crippen LogP contribution in [0.5, 0.6) is 5.75 Å². The van der Waals surface area contributed by atoms with Crippen LogP contribution in [0.3, 0.4) is 0 Å². The maximum Gasteiger partial charge on any atom is 0.418 e. The second-order valence-electron chi connectivity index (χ2n) is 5.27. The van der Waals surface area contributed by atoms with Gasteiger partial charge in [-0.15, -0.1) is 0 Å². The molecule has 1 aliphatic rings. The van der Waals surface area contributed by atoms with Gasteiger partial charge in [0.05, 0.1) is 23.3 Å². The molecule has 3 rings (SSSR count). The molecule has 1 aliphatic heterocycles. The van der Waals surface area contributed by atoms with E-state index in [4.69, 9.17) is 4.74 Å². The minimum absolute atomic E-state index is 0.103. The second-order valence-corrected chi connectivity index (χ2v) is 6.30. The summed E-state index contributed by atoms with van der Waals surface area (Å²) in [5, 5.41) is 2.59. The first kappa shape index (κ1) is 18.1. The molecule has 0 radical (unpaired) electrons. The number of ether oxygens (including phenoxy) is 1.